The Balaban J connectivity index is 1.65. The number of aryl methyl sites for hydroxylation is 2. The molecule has 0 bridgehead atoms. The first-order chi connectivity index (χ1) is 16.3. The zero-order valence-corrected chi connectivity index (χ0v) is 20.7. The number of anilines is 1. The molecule has 0 spiro atoms. The summed E-state index contributed by atoms with van der Waals surface area (Å²) < 4.78 is 5.58. The van der Waals surface area contributed by atoms with Gasteiger partial charge in [-0.1, -0.05) is 0 Å². The van der Waals surface area contributed by atoms with Crippen molar-refractivity contribution in [2.24, 2.45) is 5.92 Å². The van der Waals surface area contributed by atoms with Crippen molar-refractivity contribution in [3.8, 4) is 0 Å². The number of carbonyl (C=O) groups excluding carboxylic acids is 1. The van der Waals surface area contributed by atoms with Gasteiger partial charge in [-0.25, -0.2) is 0 Å². The summed E-state index contributed by atoms with van der Waals surface area (Å²) in [7, 11) is 0. The van der Waals surface area contributed by atoms with Crippen LogP contribution < -0.4 is 15.8 Å². The van der Waals surface area contributed by atoms with Crippen LogP contribution in [0.5, 0.6) is 0 Å². The Labute approximate surface area is 201 Å². The number of amides is 1. The highest BCUT2D eigenvalue weighted by Crippen LogP contribution is 2.48. The smallest absolute Gasteiger partial charge is 0.253 e. The lowest BCUT2D eigenvalue weighted by Gasteiger charge is -2.37. The minimum Gasteiger partial charge on any atom is -0.396 e. The third-order valence-electron chi connectivity index (χ3n) is 7.43. The molecule has 2 atom stereocenters. The van der Waals surface area contributed by atoms with Crippen molar-refractivity contribution in [1.29, 1.82) is 0 Å². The number of rotatable bonds is 8. The molecule has 34 heavy (non-hydrogen) atoms. The van der Waals surface area contributed by atoms with E-state index in [0.29, 0.717) is 17.2 Å². The summed E-state index contributed by atoms with van der Waals surface area (Å²) in [6.07, 6.45) is 2.88. The summed E-state index contributed by atoms with van der Waals surface area (Å²) in [5.74, 6) is 0.370. The maximum absolute atomic E-state index is 13.4. The summed E-state index contributed by atoms with van der Waals surface area (Å²) in [6, 6.07) is 6.51. The van der Waals surface area contributed by atoms with Crippen LogP contribution in [0.2, 0.25) is 0 Å². The van der Waals surface area contributed by atoms with Crippen LogP contribution >= 0.6 is 0 Å². The fraction of sp³-hybridized carbons (Fsp3) is 0.556. The van der Waals surface area contributed by atoms with Gasteiger partial charge in [0.25, 0.3) is 11.5 Å². The molecule has 7 nitrogen and oxygen atoms in total. The van der Waals surface area contributed by atoms with Gasteiger partial charge in [-0.15, -0.1) is 0 Å². The molecule has 1 aliphatic heterocycles. The van der Waals surface area contributed by atoms with Gasteiger partial charge in [-0.05, 0) is 93.7 Å². The van der Waals surface area contributed by atoms with Gasteiger partial charge in [0, 0.05) is 61.5 Å². The van der Waals surface area contributed by atoms with Crippen molar-refractivity contribution in [3.05, 3.63) is 62.1 Å². The molecule has 1 aromatic heterocycles. The van der Waals surface area contributed by atoms with Gasteiger partial charge in [0.2, 0.25) is 0 Å². The van der Waals surface area contributed by atoms with Crippen molar-refractivity contribution < 1.29 is 14.6 Å². The second-order valence-electron chi connectivity index (χ2n) is 9.75. The molecule has 2 aliphatic rings. The van der Waals surface area contributed by atoms with E-state index in [0.717, 1.165) is 67.1 Å². The molecular weight excluding hydrogens is 430 g/mol. The van der Waals surface area contributed by atoms with E-state index < -0.39 is 0 Å². The average molecular weight is 468 g/mol. The number of aromatic amines is 1. The van der Waals surface area contributed by atoms with Gasteiger partial charge < -0.3 is 25.0 Å². The molecule has 1 saturated heterocycles. The van der Waals surface area contributed by atoms with Gasteiger partial charge in [-0.3, -0.25) is 9.59 Å². The van der Waals surface area contributed by atoms with Gasteiger partial charge in [0.15, 0.2) is 0 Å². The standard InChI is InChI=1S/C27H37N3O4/c1-5-30(21-6-8-34-9-7-21)25-13-19(23-12-20(23)15-31)11-22(18(25)4)26(32)28-14-24-16(2)10-17(3)29-27(24)33/h10-11,13,20-21,23,31H,5-9,12,14-15H2,1-4H3,(H,28,32)(H,29,33). The molecule has 7 heteroatoms. The molecular formula is C27H37N3O4. The van der Waals surface area contributed by atoms with E-state index in [1.54, 1.807) is 0 Å². The number of hydrogen-bond acceptors (Lipinski definition) is 5. The van der Waals surface area contributed by atoms with Gasteiger partial charge in [0.1, 0.15) is 0 Å². The zero-order valence-electron chi connectivity index (χ0n) is 20.7. The third-order valence-corrected chi connectivity index (χ3v) is 7.43. The van der Waals surface area contributed by atoms with Crippen LogP contribution in [0.1, 0.15) is 70.4 Å². The fourth-order valence-corrected chi connectivity index (χ4v) is 5.31. The molecule has 2 heterocycles. The van der Waals surface area contributed by atoms with Crippen LogP contribution in [0.3, 0.4) is 0 Å². The molecule has 184 valence electrons. The molecule has 3 N–H and O–H groups in total. The zero-order chi connectivity index (χ0) is 24.4. The van der Waals surface area contributed by atoms with Gasteiger partial charge in [-0.2, -0.15) is 0 Å². The number of carbonyl (C=O) groups is 1. The predicted molar refractivity (Wildman–Crippen MR) is 134 cm³/mol. The van der Waals surface area contributed by atoms with Crippen molar-refractivity contribution >= 4 is 11.6 Å². The average Bonchev–Trinajstić information content (AvgIpc) is 3.60. The molecule has 1 amide bonds. The Hall–Kier alpha value is -2.64. The Kier molecular flexibility index (Phi) is 7.43. The number of aromatic nitrogens is 1. The number of pyridine rings is 1. The lowest BCUT2D eigenvalue weighted by molar-refractivity contribution is 0.0845. The number of benzene rings is 1. The molecule has 2 unspecified atom stereocenters. The topological polar surface area (TPSA) is 94.7 Å². The summed E-state index contributed by atoms with van der Waals surface area (Å²) in [5.41, 5.74) is 5.88. The maximum Gasteiger partial charge on any atom is 0.253 e. The van der Waals surface area contributed by atoms with E-state index in [4.69, 9.17) is 4.74 Å². The number of nitrogens with zero attached hydrogens (tertiary/aromatic N) is 1. The lowest BCUT2D eigenvalue weighted by Crippen LogP contribution is -2.40. The summed E-state index contributed by atoms with van der Waals surface area (Å²) in [6.45, 7) is 10.6. The molecule has 2 fully saturated rings. The largest absolute Gasteiger partial charge is 0.396 e. The van der Waals surface area contributed by atoms with Crippen LogP contribution in [0.15, 0.2) is 23.0 Å². The van der Waals surface area contributed by atoms with Crippen LogP contribution in [-0.4, -0.2) is 48.4 Å². The predicted octanol–water partition coefficient (Wildman–Crippen LogP) is 3.33. The minimum atomic E-state index is -0.177. The number of aliphatic hydroxyl groups is 1. The van der Waals surface area contributed by atoms with Gasteiger partial charge >= 0.3 is 0 Å². The summed E-state index contributed by atoms with van der Waals surface area (Å²) >= 11 is 0. The quantitative estimate of drug-likeness (QED) is 0.554. The van der Waals surface area contributed by atoms with Crippen LogP contribution in [0.4, 0.5) is 5.69 Å². The van der Waals surface area contributed by atoms with Crippen LogP contribution in [0.25, 0.3) is 0 Å². The number of aliphatic hydroxyl groups excluding tert-OH is 1. The third kappa shape index (κ3) is 5.05. The summed E-state index contributed by atoms with van der Waals surface area (Å²) in [4.78, 5) is 31.0. The molecule has 4 rings (SSSR count). The van der Waals surface area contributed by atoms with Crippen LogP contribution in [-0.2, 0) is 11.3 Å². The maximum atomic E-state index is 13.4. The Morgan fingerprint density at radius 1 is 1.21 bits per heavy atom. The Morgan fingerprint density at radius 3 is 2.56 bits per heavy atom. The van der Waals surface area contributed by atoms with Crippen molar-refractivity contribution in [2.45, 2.75) is 65.5 Å². The van der Waals surface area contributed by atoms with Crippen molar-refractivity contribution in [1.82, 2.24) is 10.3 Å². The second kappa shape index (κ2) is 10.3. The molecule has 0 radical (unpaired) electrons. The normalized spacial score (nSPS) is 20.3. The second-order valence-corrected chi connectivity index (χ2v) is 9.75. The molecule has 1 aromatic carbocycles. The first-order valence-corrected chi connectivity index (χ1v) is 12.4. The number of hydrogen-bond donors (Lipinski definition) is 3. The number of nitrogens with one attached hydrogen (secondary N) is 2. The first-order valence-electron chi connectivity index (χ1n) is 12.4. The molecule has 2 aromatic rings. The highest BCUT2D eigenvalue weighted by molar-refractivity contribution is 5.97. The molecule has 1 saturated carbocycles. The van der Waals surface area contributed by atoms with E-state index in [9.17, 15) is 14.7 Å². The van der Waals surface area contributed by atoms with E-state index in [2.05, 4.69) is 28.2 Å². The highest BCUT2D eigenvalue weighted by atomic mass is 16.5. The number of ether oxygens (including phenoxy) is 1. The molecule has 1 aliphatic carbocycles. The lowest BCUT2D eigenvalue weighted by atomic mass is 9.96. The van der Waals surface area contributed by atoms with E-state index >= 15 is 0 Å². The van der Waals surface area contributed by atoms with Crippen molar-refractivity contribution in [2.75, 3.05) is 31.3 Å². The van der Waals surface area contributed by atoms with E-state index in [1.165, 1.54) is 0 Å². The SMILES string of the molecule is CCN(c1cc(C2CC2CO)cc(C(=O)NCc2c(C)cc(C)[nH]c2=O)c1C)C1CCOCC1. The summed E-state index contributed by atoms with van der Waals surface area (Å²) in [5, 5.41) is 12.6. The minimum absolute atomic E-state index is 0.163. The number of H-pyrrole nitrogens is 1. The Bertz CT molecular complexity index is 1100. The highest BCUT2D eigenvalue weighted by Gasteiger charge is 2.39. The fourth-order valence-electron chi connectivity index (χ4n) is 5.31. The monoisotopic (exact) mass is 467 g/mol. The Morgan fingerprint density at radius 2 is 1.94 bits per heavy atom. The van der Waals surface area contributed by atoms with E-state index in [-0.39, 0.29) is 36.5 Å². The first kappa shape index (κ1) is 24.5. The van der Waals surface area contributed by atoms with Gasteiger partial charge in [0.05, 0.1) is 0 Å². The van der Waals surface area contributed by atoms with E-state index in [1.807, 2.05) is 32.9 Å². The van der Waals surface area contributed by atoms with Crippen LogP contribution in [0, 0.1) is 26.7 Å². The van der Waals surface area contributed by atoms with Crippen molar-refractivity contribution in [3.63, 3.8) is 0 Å².